The second-order valence-electron chi connectivity index (χ2n) is 5.10. The first-order chi connectivity index (χ1) is 10.6. The van der Waals surface area contributed by atoms with Gasteiger partial charge >= 0.3 is 0 Å². The molecule has 4 nitrogen and oxygen atoms in total. The second-order valence-corrected chi connectivity index (χ2v) is 6.45. The number of halogens is 2. The van der Waals surface area contributed by atoms with E-state index >= 15 is 0 Å². The first kappa shape index (κ1) is 15.3. The summed E-state index contributed by atoms with van der Waals surface area (Å²) >= 11 is 9.18. The molecule has 1 amide bonds. The van der Waals surface area contributed by atoms with E-state index in [0.29, 0.717) is 29.6 Å². The number of carbonyl (C=O) groups excluding carboxylic acids is 1. The summed E-state index contributed by atoms with van der Waals surface area (Å²) in [6, 6.07) is 10.6. The fourth-order valence-corrected chi connectivity index (χ4v) is 2.75. The SMILES string of the molecule is O=C(c1ccc(Cl)cc1)N1CCC(Oc2ccc(Br)cn2)C1. The number of amides is 1. The Morgan fingerprint density at radius 2 is 2.05 bits per heavy atom. The summed E-state index contributed by atoms with van der Waals surface area (Å²) in [5, 5.41) is 0.625. The number of carbonyl (C=O) groups is 1. The molecule has 0 spiro atoms. The van der Waals surface area contributed by atoms with E-state index in [9.17, 15) is 4.79 Å². The van der Waals surface area contributed by atoms with Crippen LogP contribution in [0.15, 0.2) is 47.1 Å². The van der Waals surface area contributed by atoms with Crippen molar-refractivity contribution < 1.29 is 9.53 Å². The van der Waals surface area contributed by atoms with Crippen LogP contribution in [-0.2, 0) is 0 Å². The summed E-state index contributed by atoms with van der Waals surface area (Å²) in [5.41, 5.74) is 0.645. The molecule has 114 valence electrons. The van der Waals surface area contributed by atoms with Crippen molar-refractivity contribution in [2.75, 3.05) is 13.1 Å². The number of aromatic nitrogens is 1. The van der Waals surface area contributed by atoms with Crippen LogP contribution in [0.25, 0.3) is 0 Å². The first-order valence-corrected chi connectivity index (χ1v) is 8.12. The molecule has 22 heavy (non-hydrogen) atoms. The minimum Gasteiger partial charge on any atom is -0.472 e. The summed E-state index contributed by atoms with van der Waals surface area (Å²) in [4.78, 5) is 18.4. The predicted octanol–water partition coefficient (Wildman–Crippen LogP) is 3.79. The number of pyridine rings is 1. The van der Waals surface area contributed by atoms with Crippen LogP contribution in [0.3, 0.4) is 0 Å². The number of rotatable bonds is 3. The average Bonchev–Trinajstić information content (AvgIpc) is 2.98. The average molecular weight is 382 g/mol. The van der Waals surface area contributed by atoms with Gasteiger partial charge in [0.1, 0.15) is 6.10 Å². The lowest BCUT2D eigenvalue weighted by Gasteiger charge is -2.17. The van der Waals surface area contributed by atoms with Crippen molar-refractivity contribution in [3.8, 4) is 5.88 Å². The fourth-order valence-electron chi connectivity index (χ4n) is 2.39. The maximum absolute atomic E-state index is 12.4. The molecular formula is C16H14BrClN2O2. The highest BCUT2D eigenvalue weighted by Crippen LogP contribution is 2.20. The van der Waals surface area contributed by atoms with Crippen molar-refractivity contribution in [1.29, 1.82) is 0 Å². The molecule has 1 atom stereocenters. The van der Waals surface area contributed by atoms with Gasteiger partial charge < -0.3 is 9.64 Å². The number of nitrogens with zero attached hydrogens (tertiary/aromatic N) is 2. The van der Waals surface area contributed by atoms with Gasteiger partial charge in [0, 0.05) is 40.3 Å². The smallest absolute Gasteiger partial charge is 0.253 e. The molecule has 1 aliphatic heterocycles. The number of ether oxygens (including phenoxy) is 1. The molecule has 1 unspecified atom stereocenters. The molecule has 2 aromatic rings. The third-order valence-electron chi connectivity index (χ3n) is 3.51. The third kappa shape index (κ3) is 3.59. The lowest BCUT2D eigenvalue weighted by Crippen LogP contribution is -2.31. The number of hydrogen-bond donors (Lipinski definition) is 0. The standard InChI is InChI=1S/C16H14BrClN2O2/c17-12-3-6-15(19-9-12)22-14-7-8-20(10-14)16(21)11-1-4-13(18)5-2-11/h1-6,9,14H,7-8,10H2. The Balaban J connectivity index is 1.61. The summed E-state index contributed by atoms with van der Waals surface area (Å²) in [5.74, 6) is 0.584. The summed E-state index contributed by atoms with van der Waals surface area (Å²) in [6.07, 6.45) is 2.47. The normalized spacial score (nSPS) is 17.5. The maximum Gasteiger partial charge on any atom is 0.253 e. The van der Waals surface area contributed by atoms with E-state index in [1.165, 1.54) is 0 Å². The highest BCUT2D eigenvalue weighted by Gasteiger charge is 2.28. The lowest BCUT2D eigenvalue weighted by molar-refractivity contribution is 0.0771. The minimum atomic E-state index is -0.0232. The van der Waals surface area contributed by atoms with E-state index in [1.54, 1.807) is 35.4 Å². The van der Waals surface area contributed by atoms with Crippen molar-refractivity contribution in [3.05, 3.63) is 57.7 Å². The van der Waals surface area contributed by atoms with Gasteiger partial charge in [-0.25, -0.2) is 4.98 Å². The van der Waals surface area contributed by atoms with E-state index in [2.05, 4.69) is 20.9 Å². The Morgan fingerprint density at radius 3 is 2.73 bits per heavy atom. The Kier molecular flexibility index (Phi) is 4.64. The van der Waals surface area contributed by atoms with Gasteiger partial charge in [0.05, 0.1) is 6.54 Å². The van der Waals surface area contributed by atoms with Crippen molar-refractivity contribution in [1.82, 2.24) is 9.88 Å². The van der Waals surface area contributed by atoms with Gasteiger partial charge in [-0.1, -0.05) is 11.6 Å². The van der Waals surface area contributed by atoms with E-state index in [0.717, 1.165) is 10.9 Å². The van der Waals surface area contributed by atoms with E-state index < -0.39 is 0 Å². The van der Waals surface area contributed by atoms with Crippen LogP contribution in [0.1, 0.15) is 16.8 Å². The van der Waals surface area contributed by atoms with Crippen molar-refractivity contribution in [2.45, 2.75) is 12.5 Å². The molecule has 1 aromatic heterocycles. The monoisotopic (exact) mass is 380 g/mol. The van der Waals surface area contributed by atoms with E-state index in [1.807, 2.05) is 12.1 Å². The lowest BCUT2D eigenvalue weighted by atomic mass is 10.2. The molecule has 0 aliphatic carbocycles. The van der Waals surface area contributed by atoms with Crippen LogP contribution < -0.4 is 4.74 Å². The topological polar surface area (TPSA) is 42.4 Å². The Morgan fingerprint density at radius 1 is 1.27 bits per heavy atom. The molecule has 0 radical (unpaired) electrons. The third-order valence-corrected chi connectivity index (χ3v) is 4.23. The van der Waals surface area contributed by atoms with Crippen LogP contribution >= 0.6 is 27.5 Å². The quantitative estimate of drug-likeness (QED) is 0.812. The second kappa shape index (κ2) is 6.67. The van der Waals surface area contributed by atoms with E-state index in [4.69, 9.17) is 16.3 Å². The summed E-state index contributed by atoms with van der Waals surface area (Å²) in [6.45, 7) is 1.25. The Hall–Kier alpha value is -1.59. The Bertz CT molecular complexity index is 661. The molecule has 1 aromatic carbocycles. The molecule has 1 fully saturated rings. The van der Waals surface area contributed by atoms with Crippen LogP contribution in [0.4, 0.5) is 0 Å². The molecule has 1 aliphatic rings. The zero-order chi connectivity index (χ0) is 15.5. The van der Waals surface area contributed by atoms with Gasteiger partial charge in [-0.15, -0.1) is 0 Å². The van der Waals surface area contributed by atoms with Gasteiger partial charge in [-0.3, -0.25) is 4.79 Å². The zero-order valence-electron chi connectivity index (χ0n) is 11.7. The van der Waals surface area contributed by atoms with Crippen molar-refractivity contribution in [2.24, 2.45) is 0 Å². The molecule has 0 saturated carbocycles. The molecule has 1 saturated heterocycles. The molecular weight excluding hydrogens is 368 g/mol. The van der Waals surface area contributed by atoms with Crippen LogP contribution in [-0.4, -0.2) is 35.0 Å². The minimum absolute atomic E-state index is 0.00605. The largest absolute Gasteiger partial charge is 0.472 e. The number of hydrogen-bond acceptors (Lipinski definition) is 3. The molecule has 0 N–H and O–H groups in total. The fraction of sp³-hybridized carbons (Fsp3) is 0.250. The van der Waals surface area contributed by atoms with E-state index in [-0.39, 0.29) is 12.0 Å². The van der Waals surface area contributed by atoms with Gasteiger partial charge in [-0.2, -0.15) is 0 Å². The summed E-state index contributed by atoms with van der Waals surface area (Å²) < 4.78 is 6.73. The Labute approximate surface area is 142 Å². The zero-order valence-corrected chi connectivity index (χ0v) is 14.0. The number of benzene rings is 1. The predicted molar refractivity (Wildman–Crippen MR) is 88.3 cm³/mol. The van der Waals surface area contributed by atoms with Crippen LogP contribution in [0.2, 0.25) is 5.02 Å². The van der Waals surface area contributed by atoms with Crippen LogP contribution in [0.5, 0.6) is 5.88 Å². The van der Waals surface area contributed by atoms with Gasteiger partial charge in [-0.05, 0) is 46.3 Å². The van der Waals surface area contributed by atoms with Crippen LogP contribution in [0, 0.1) is 0 Å². The first-order valence-electron chi connectivity index (χ1n) is 6.95. The highest BCUT2D eigenvalue weighted by molar-refractivity contribution is 9.10. The molecule has 6 heteroatoms. The molecule has 3 rings (SSSR count). The number of likely N-dealkylation sites (tertiary alicyclic amines) is 1. The maximum atomic E-state index is 12.4. The summed E-state index contributed by atoms with van der Waals surface area (Å²) in [7, 11) is 0. The molecule has 2 heterocycles. The molecule has 0 bridgehead atoms. The van der Waals surface area contributed by atoms with Gasteiger partial charge in [0.2, 0.25) is 5.88 Å². The highest BCUT2D eigenvalue weighted by atomic mass is 79.9. The van der Waals surface area contributed by atoms with Gasteiger partial charge in [0.25, 0.3) is 5.91 Å². The van der Waals surface area contributed by atoms with Crippen molar-refractivity contribution in [3.63, 3.8) is 0 Å². The van der Waals surface area contributed by atoms with Gasteiger partial charge in [0.15, 0.2) is 0 Å². The van der Waals surface area contributed by atoms with Crippen molar-refractivity contribution >= 4 is 33.4 Å².